The minimum absolute atomic E-state index is 0.241. The first-order valence-electron chi connectivity index (χ1n) is 3.53. The van der Waals surface area contributed by atoms with E-state index in [1.165, 1.54) is 0 Å². The summed E-state index contributed by atoms with van der Waals surface area (Å²) in [6.07, 6.45) is 1.58. The van der Waals surface area contributed by atoms with E-state index in [0.717, 1.165) is 5.56 Å². The Morgan fingerprint density at radius 1 is 1.54 bits per heavy atom. The molecule has 6 heteroatoms. The highest BCUT2D eigenvalue weighted by atomic mass is 32.1. The largest absolute Gasteiger partial charge is 0.409 e. The van der Waals surface area contributed by atoms with E-state index in [2.05, 4.69) is 15.2 Å². The predicted octanol–water partition coefficient (Wildman–Crippen LogP) is 1.38. The lowest BCUT2D eigenvalue weighted by atomic mass is 10.2. The molecule has 2 heterocycles. The number of rotatable bonds is 1. The Morgan fingerprint density at radius 2 is 2.38 bits per heavy atom. The number of nitrogens with one attached hydrogen (secondary N) is 1. The molecular weight excluding hydrogens is 188 g/mol. The Bertz CT molecular complexity index is 475. The number of nitrogen functional groups attached to an aromatic ring is 1. The molecule has 0 aliphatic carbocycles. The molecular formula is C7H6N4OS. The van der Waals surface area contributed by atoms with Crippen molar-refractivity contribution in [2.75, 3.05) is 5.73 Å². The number of hydrogen-bond acceptors (Lipinski definition) is 5. The molecule has 0 unspecified atom stereocenters. The van der Waals surface area contributed by atoms with Crippen LogP contribution in [-0.4, -0.2) is 15.2 Å². The lowest BCUT2D eigenvalue weighted by Crippen LogP contribution is -1.89. The zero-order valence-corrected chi connectivity index (χ0v) is 7.34. The van der Waals surface area contributed by atoms with Crippen LogP contribution in [0.2, 0.25) is 0 Å². The molecule has 0 spiro atoms. The molecule has 5 nitrogen and oxygen atoms in total. The second kappa shape index (κ2) is 2.98. The number of anilines is 1. The molecule has 0 saturated carbocycles. The maximum absolute atomic E-state index is 5.49. The fraction of sp³-hybridized carbons (Fsp3) is 0. The molecule has 0 amide bonds. The van der Waals surface area contributed by atoms with Crippen molar-refractivity contribution >= 4 is 18.0 Å². The summed E-state index contributed by atoms with van der Waals surface area (Å²) in [5, 5.41) is 6.37. The number of aromatic nitrogens is 3. The van der Waals surface area contributed by atoms with Crippen molar-refractivity contribution in [3.8, 4) is 11.5 Å². The molecule has 0 saturated heterocycles. The summed E-state index contributed by atoms with van der Waals surface area (Å²) < 4.78 is 5.09. The average molecular weight is 194 g/mol. The van der Waals surface area contributed by atoms with Gasteiger partial charge in [0.1, 0.15) is 5.82 Å². The minimum Gasteiger partial charge on any atom is -0.409 e. The van der Waals surface area contributed by atoms with Crippen molar-refractivity contribution in [2.24, 2.45) is 0 Å². The average Bonchev–Trinajstić information content (AvgIpc) is 2.52. The molecule has 0 atom stereocenters. The van der Waals surface area contributed by atoms with Gasteiger partial charge in [0.2, 0.25) is 5.89 Å². The number of nitrogens with two attached hydrogens (primary N) is 1. The zero-order valence-electron chi connectivity index (χ0n) is 6.52. The van der Waals surface area contributed by atoms with E-state index in [0.29, 0.717) is 11.7 Å². The lowest BCUT2D eigenvalue weighted by molar-refractivity contribution is 0.552. The monoisotopic (exact) mass is 194 g/mol. The van der Waals surface area contributed by atoms with E-state index in [1.54, 1.807) is 18.3 Å². The Balaban J connectivity index is 2.52. The van der Waals surface area contributed by atoms with E-state index >= 15 is 0 Å². The lowest BCUT2D eigenvalue weighted by Gasteiger charge is -1.94. The summed E-state index contributed by atoms with van der Waals surface area (Å²) >= 11 is 4.73. The fourth-order valence-electron chi connectivity index (χ4n) is 0.935. The zero-order chi connectivity index (χ0) is 9.26. The van der Waals surface area contributed by atoms with Crippen molar-refractivity contribution in [2.45, 2.75) is 0 Å². The van der Waals surface area contributed by atoms with E-state index in [1.807, 2.05) is 0 Å². The molecule has 0 radical (unpaired) electrons. The highest BCUT2D eigenvalue weighted by molar-refractivity contribution is 7.71. The van der Waals surface area contributed by atoms with Crippen molar-refractivity contribution in [3.63, 3.8) is 0 Å². The van der Waals surface area contributed by atoms with E-state index < -0.39 is 0 Å². The van der Waals surface area contributed by atoms with Gasteiger partial charge in [-0.15, -0.1) is 5.10 Å². The fourth-order valence-corrected chi connectivity index (χ4v) is 1.06. The maximum Gasteiger partial charge on any atom is 0.284 e. The molecule has 2 rings (SSSR count). The summed E-state index contributed by atoms with van der Waals surface area (Å²) in [5.74, 6) is 0.834. The van der Waals surface area contributed by atoms with Gasteiger partial charge in [-0.25, -0.2) is 10.1 Å². The number of aromatic amines is 1. The van der Waals surface area contributed by atoms with Gasteiger partial charge in [-0.1, -0.05) is 0 Å². The van der Waals surface area contributed by atoms with Crippen LogP contribution in [0.5, 0.6) is 0 Å². The third-order valence-electron chi connectivity index (χ3n) is 1.47. The smallest absolute Gasteiger partial charge is 0.284 e. The summed E-state index contributed by atoms with van der Waals surface area (Å²) in [6, 6.07) is 3.40. The summed E-state index contributed by atoms with van der Waals surface area (Å²) in [4.78, 5) is 4.09. The summed E-state index contributed by atoms with van der Waals surface area (Å²) in [6.45, 7) is 0. The van der Waals surface area contributed by atoms with E-state index in [9.17, 15) is 0 Å². The minimum atomic E-state index is 0.241. The van der Waals surface area contributed by atoms with Crippen LogP contribution >= 0.6 is 12.2 Å². The van der Waals surface area contributed by atoms with Crippen LogP contribution in [0.3, 0.4) is 0 Å². The van der Waals surface area contributed by atoms with Crippen molar-refractivity contribution in [1.82, 2.24) is 15.2 Å². The van der Waals surface area contributed by atoms with Crippen LogP contribution < -0.4 is 5.73 Å². The van der Waals surface area contributed by atoms with Crippen molar-refractivity contribution < 1.29 is 4.42 Å². The molecule has 0 aliphatic heterocycles. The second-order valence-electron chi connectivity index (χ2n) is 2.39. The predicted molar refractivity (Wildman–Crippen MR) is 49.3 cm³/mol. The molecule has 0 fully saturated rings. The molecule has 0 aliphatic rings. The molecule has 2 aromatic heterocycles. The van der Waals surface area contributed by atoms with Crippen LogP contribution in [0.15, 0.2) is 22.7 Å². The SMILES string of the molecule is Nc1cc(-c2n[nH]c(=S)o2)ccn1. The third kappa shape index (κ3) is 1.57. The highest BCUT2D eigenvalue weighted by Crippen LogP contribution is 2.16. The number of pyridine rings is 1. The van der Waals surface area contributed by atoms with Gasteiger partial charge in [0.15, 0.2) is 0 Å². The molecule has 3 N–H and O–H groups in total. The third-order valence-corrected chi connectivity index (χ3v) is 1.64. The first-order chi connectivity index (χ1) is 6.25. The quantitative estimate of drug-likeness (QED) is 0.670. The van der Waals surface area contributed by atoms with E-state index in [-0.39, 0.29) is 4.84 Å². The van der Waals surface area contributed by atoms with Crippen LogP contribution in [-0.2, 0) is 0 Å². The topological polar surface area (TPSA) is 80.7 Å². The van der Waals surface area contributed by atoms with Gasteiger partial charge >= 0.3 is 0 Å². The first-order valence-corrected chi connectivity index (χ1v) is 3.94. The molecule has 2 aromatic rings. The first kappa shape index (κ1) is 7.93. The normalized spacial score (nSPS) is 10.2. The Morgan fingerprint density at radius 3 is 3.00 bits per heavy atom. The van der Waals surface area contributed by atoms with Crippen LogP contribution in [0, 0.1) is 4.84 Å². The van der Waals surface area contributed by atoms with Gasteiger partial charge in [0.25, 0.3) is 4.84 Å². The molecule has 13 heavy (non-hydrogen) atoms. The van der Waals surface area contributed by atoms with Gasteiger partial charge in [0, 0.05) is 11.8 Å². The number of nitrogens with zero attached hydrogens (tertiary/aromatic N) is 2. The van der Waals surface area contributed by atoms with Gasteiger partial charge < -0.3 is 10.2 Å². The van der Waals surface area contributed by atoms with Gasteiger partial charge in [0.05, 0.1) is 0 Å². The maximum atomic E-state index is 5.49. The van der Waals surface area contributed by atoms with Gasteiger partial charge in [-0.2, -0.15) is 0 Å². The van der Waals surface area contributed by atoms with Gasteiger partial charge in [-0.3, -0.25) is 0 Å². The van der Waals surface area contributed by atoms with Crippen LogP contribution in [0.1, 0.15) is 0 Å². The standard InChI is InChI=1S/C7H6N4OS/c8-5-3-4(1-2-9-5)6-10-11-7(13)12-6/h1-3H,(H2,8,9)(H,11,13). The number of H-pyrrole nitrogens is 1. The van der Waals surface area contributed by atoms with Crippen molar-refractivity contribution in [1.29, 1.82) is 0 Å². The van der Waals surface area contributed by atoms with Crippen molar-refractivity contribution in [3.05, 3.63) is 23.2 Å². The number of hydrogen-bond donors (Lipinski definition) is 2. The Kier molecular flexibility index (Phi) is 1.82. The highest BCUT2D eigenvalue weighted by Gasteiger charge is 2.03. The molecule has 0 aromatic carbocycles. The second-order valence-corrected chi connectivity index (χ2v) is 2.76. The van der Waals surface area contributed by atoms with Crippen LogP contribution in [0.4, 0.5) is 5.82 Å². The van der Waals surface area contributed by atoms with E-state index in [4.69, 9.17) is 22.4 Å². The molecule has 66 valence electrons. The summed E-state index contributed by atoms with van der Waals surface area (Å²) in [5.41, 5.74) is 6.24. The molecule has 0 bridgehead atoms. The summed E-state index contributed by atoms with van der Waals surface area (Å²) in [7, 11) is 0. The Labute approximate surface area is 78.6 Å². The van der Waals surface area contributed by atoms with Gasteiger partial charge in [-0.05, 0) is 24.4 Å². The Hall–Kier alpha value is -1.69. The van der Waals surface area contributed by atoms with Crippen LogP contribution in [0.25, 0.3) is 11.5 Å².